The average molecular weight is 396 g/mol. The van der Waals surface area contributed by atoms with Crippen molar-refractivity contribution < 1.29 is 9.34 Å². The zero-order valence-electron chi connectivity index (χ0n) is 14.7. The van der Waals surface area contributed by atoms with Crippen molar-refractivity contribution in [3.05, 3.63) is 75.5 Å². The van der Waals surface area contributed by atoms with Crippen LogP contribution in [0.1, 0.15) is 5.76 Å². The average Bonchev–Trinajstić information content (AvgIpc) is 3.27. The van der Waals surface area contributed by atoms with E-state index in [1.165, 1.54) is 24.4 Å². The van der Waals surface area contributed by atoms with Crippen LogP contribution in [-0.2, 0) is 7.05 Å². The summed E-state index contributed by atoms with van der Waals surface area (Å²) in [6, 6.07) is 15.3. The molecule has 0 atom stereocenters. The van der Waals surface area contributed by atoms with Crippen LogP contribution in [0.3, 0.4) is 0 Å². The zero-order chi connectivity index (χ0) is 19.7. The standard InChI is InChI=1S/C19H14ClN5O3/c1-24-17-5-3-2-4-16(17)22-19(24)23-21-11-13-7-9-18(28-13)14-10-12(25(26)27)6-8-15(14)20/h2-11H,1H3,(H,22,23)/b21-11-. The van der Waals surface area contributed by atoms with Crippen LogP contribution in [0.2, 0.25) is 5.02 Å². The second kappa shape index (κ2) is 7.16. The van der Waals surface area contributed by atoms with Gasteiger partial charge in [-0.25, -0.2) is 10.4 Å². The number of anilines is 1. The molecule has 0 aliphatic rings. The van der Waals surface area contributed by atoms with Crippen LogP contribution in [0, 0.1) is 10.1 Å². The number of aromatic nitrogens is 2. The monoisotopic (exact) mass is 395 g/mol. The lowest BCUT2D eigenvalue weighted by molar-refractivity contribution is -0.384. The molecule has 140 valence electrons. The first-order valence-electron chi connectivity index (χ1n) is 8.27. The molecule has 28 heavy (non-hydrogen) atoms. The predicted octanol–water partition coefficient (Wildman–Crippen LogP) is 4.84. The van der Waals surface area contributed by atoms with Crippen LogP contribution in [0.25, 0.3) is 22.4 Å². The van der Waals surface area contributed by atoms with Gasteiger partial charge in [-0.1, -0.05) is 23.7 Å². The lowest BCUT2D eigenvalue weighted by Crippen LogP contribution is -1.98. The Balaban J connectivity index is 1.54. The van der Waals surface area contributed by atoms with E-state index in [1.54, 1.807) is 12.1 Å². The third-order valence-corrected chi connectivity index (χ3v) is 4.53. The molecule has 0 fully saturated rings. The number of benzene rings is 2. The Morgan fingerprint density at radius 2 is 2.07 bits per heavy atom. The maximum absolute atomic E-state index is 11.0. The highest BCUT2D eigenvalue weighted by Gasteiger charge is 2.14. The van der Waals surface area contributed by atoms with Gasteiger partial charge >= 0.3 is 0 Å². The first kappa shape index (κ1) is 17.7. The van der Waals surface area contributed by atoms with Crippen molar-refractivity contribution in [1.29, 1.82) is 0 Å². The van der Waals surface area contributed by atoms with E-state index in [4.69, 9.17) is 16.0 Å². The molecule has 2 aromatic heterocycles. The summed E-state index contributed by atoms with van der Waals surface area (Å²) in [6.07, 6.45) is 1.49. The Bertz CT molecular complexity index is 1210. The molecule has 0 saturated heterocycles. The van der Waals surface area contributed by atoms with E-state index in [2.05, 4.69) is 15.5 Å². The second-order valence-electron chi connectivity index (χ2n) is 5.98. The minimum atomic E-state index is -0.480. The Morgan fingerprint density at radius 1 is 1.25 bits per heavy atom. The van der Waals surface area contributed by atoms with Crippen LogP contribution in [0.5, 0.6) is 0 Å². The number of rotatable bonds is 5. The predicted molar refractivity (Wildman–Crippen MR) is 108 cm³/mol. The molecule has 2 heterocycles. The molecule has 0 unspecified atom stereocenters. The van der Waals surface area contributed by atoms with Crippen LogP contribution >= 0.6 is 11.6 Å². The number of hydrogen-bond donors (Lipinski definition) is 1. The van der Waals surface area contributed by atoms with Crippen molar-refractivity contribution in [3.63, 3.8) is 0 Å². The number of aryl methyl sites for hydroxylation is 1. The van der Waals surface area contributed by atoms with Gasteiger partial charge in [-0.3, -0.25) is 10.1 Å². The smallest absolute Gasteiger partial charge is 0.270 e. The summed E-state index contributed by atoms with van der Waals surface area (Å²) in [6.45, 7) is 0. The van der Waals surface area contributed by atoms with Gasteiger partial charge < -0.3 is 8.98 Å². The van der Waals surface area contributed by atoms with Gasteiger partial charge in [0.1, 0.15) is 11.5 Å². The molecule has 2 aromatic carbocycles. The van der Waals surface area contributed by atoms with E-state index in [1.807, 2.05) is 35.9 Å². The molecule has 4 aromatic rings. The third kappa shape index (κ3) is 3.33. The van der Waals surface area contributed by atoms with Crippen molar-refractivity contribution in [3.8, 4) is 11.3 Å². The summed E-state index contributed by atoms with van der Waals surface area (Å²) in [5.74, 6) is 1.47. The first-order valence-corrected chi connectivity index (χ1v) is 8.65. The topological polar surface area (TPSA) is 98.5 Å². The number of hydrazone groups is 1. The number of nitro benzene ring substituents is 1. The number of nitrogens with zero attached hydrogens (tertiary/aromatic N) is 4. The molecule has 0 bridgehead atoms. The van der Waals surface area contributed by atoms with E-state index in [0.29, 0.717) is 28.1 Å². The molecule has 0 saturated carbocycles. The normalized spacial score (nSPS) is 11.4. The number of halogens is 1. The maximum Gasteiger partial charge on any atom is 0.270 e. The minimum Gasteiger partial charge on any atom is -0.455 e. The lowest BCUT2D eigenvalue weighted by atomic mass is 10.1. The number of non-ortho nitro benzene ring substituents is 1. The summed E-state index contributed by atoms with van der Waals surface area (Å²) in [7, 11) is 1.89. The molecule has 1 N–H and O–H groups in total. The second-order valence-corrected chi connectivity index (χ2v) is 6.38. The number of fused-ring (bicyclic) bond motifs is 1. The van der Waals surface area contributed by atoms with Gasteiger partial charge in [-0.15, -0.1) is 0 Å². The molecule has 4 rings (SSSR count). The molecule has 9 heteroatoms. The van der Waals surface area contributed by atoms with E-state index in [0.717, 1.165) is 11.0 Å². The summed E-state index contributed by atoms with van der Waals surface area (Å²) in [5.41, 5.74) is 5.11. The fraction of sp³-hybridized carbons (Fsp3) is 0.0526. The quantitative estimate of drug-likeness (QED) is 0.296. The van der Waals surface area contributed by atoms with Gasteiger partial charge in [0.2, 0.25) is 5.95 Å². The van der Waals surface area contributed by atoms with Crippen molar-refractivity contribution in [2.45, 2.75) is 0 Å². The number of nitrogens with one attached hydrogen (secondary N) is 1. The molecule has 0 radical (unpaired) electrons. The van der Waals surface area contributed by atoms with Crippen molar-refractivity contribution in [2.24, 2.45) is 12.1 Å². The summed E-state index contributed by atoms with van der Waals surface area (Å²) < 4.78 is 7.58. The van der Waals surface area contributed by atoms with Gasteiger partial charge in [0.15, 0.2) is 0 Å². The minimum absolute atomic E-state index is 0.0606. The molecule has 0 aliphatic heterocycles. The molecule has 8 nitrogen and oxygen atoms in total. The molecular formula is C19H14ClN5O3. The summed E-state index contributed by atoms with van der Waals surface area (Å²) in [5, 5.41) is 15.5. The van der Waals surface area contributed by atoms with E-state index >= 15 is 0 Å². The van der Waals surface area contributed by atoms with Crippen LogP contribution in [-0.4, -0.2) is 20.7 Å². The Hall–Kier alpha value is -3.65. The Morgan fingerprint density at radius 3 is 2.86 bits per heavy atom. The van der Waals surface area contributed by atoms with Gasteiger partial charge in [-0.05, 0) is 30.3 Å². The van der Waals surface area contributed by atoms with Crippen LogP contribution < -0.4 is 5.43 Å². The van der Waals surface area contributed by atoms with Gasteiger partial charge in [-0.2, -0.15) is 5.10 Å². The Kier molecular flexibility index (Phi) is 4.54. The summed E-state index contributed by atoms with van der Waals surface area (Å²) in [4.78, 5) is 14.9. The Labute approximate surface area is 164 Å². The fourth-order valence-corrected chi connectivity index (χ4v) is 2.99. The van der Waals surface area contributed by atoms with Crippen molar-refractivity contribution in [2.75, 3.05) is 5.43 Å². The van der Waals surface area contributed by atoms with Crippen LogP contribution in [0.15, 0.2) is 64.1 Å². The zero-order valence-corrected chi connectivity index (χ0v) is 15.4. The van der Waals surface area contributed by atoms with Crippen LogP contribution in [0.4, 0.5) is 11.6 Å². The van der Waals surface area contributed by atoms with Gasteiger partial charge in [0.05, 0.1) is 27.2 Å². The summed E-state index contributed by atoms with van der Waals surface area (Å²) >= 11 is 6.15. The number of hydrogen-bond acceptors (Lipinski definition) is 6. The highest BCUT2D eigenvalue weighted by Crippen LogP contribution is 2.32. The van der Waals surface area contributed by atoms with E-state index in [-0.39, 0.29) is 5.69 Å². The highest BCUT2D eigenvalue weighted by atomic mass is 35.5. The number of nitro groups is 1. The van der Waals surface area contributed by atoms with Crippen molar-refractivity contribution >= 4 is 40.5 Å². The number of para-hydroxylation sites is 2. The van der Waals surface area contributed by atoms with Gasteiger partial charge in [0.25, 0.3) is 5.69 Å². The van der Waals surface area contributed by atoms with Gasteiger partial charge in [0, 0.05) is 24.7 Å². The molecule has 0 amide bonds. The molecule has 0 aliphatic carbocycles. The fourth-order valence-electron chi connectivity index (χ4n) is 2.78. The third-order valence-electron chi connectivity index (χ3n) is 4.20. The molecular weight excluding hydrogens is 382 g/mol. The highest BCUT2D eigenvalue weighted by molar-refractivity contribution is 6.33. The molecule has 0 spiro atoms. The number of imidazole rings is 1. The maximum atomic E-state index is 11.0. The van der Waals surface area contributed by atoms with E-state index in [9.17, 15) is 10.1 Å². The SMILES string of the molecule is Cn1c(N/N=C\c2ccc(-c3cc([N+](=O)[O-])ccc3Cl)o2)nc2ccccc21. The first-order chi connectivity index (χ1) is 13.5. The lowest BCUT2D eigenvalue weighted by Gasteiger charge is -2.01. The largest absolute Gasteiger partial charge is 0.455 e. The number of furan rings is 1. The van der Waals surface area contributed by atoms with Crippen molar-refractivity contribution in [1.82, 2.24) is 9.55 Å². The van der Waals surface area contributed by atoms with E-state index < -0.39 is 4.92 Å².